The van der Waals surface area contributed by atoms with E-state index in [0.29, 0.717) is 43.3 Å². The molecule has 2 aromatic heterocycles. The van der Waals surface area contributed by atoms with Gasteiger partial charge >= 0.3 is 0 Å². The lowest BCUT2D eigenvalue weighted by atomic mass is 9.83. The van der Waals surface area contributed by atoms with Gasteiger partial charge in [-0.05, 0) is 41.0 Å². The van der Waals surface area contributed by atoms with Gasteiger partial charge in [0.2, 0.25) is 0 Å². The molecule has 0 radical (unpaired) electrons. The van der Waals surface area contributed by atoms with E-state index in [4.69, 9.17) is 23.2 Å². The molecular formula is C27H20Cl2FN3O. The molecule has 0 aliphatic heterocycles. The summed E-state index contributed by atoms with van der Waals surface area (Å²) in [6.45, 7) is -0.745. The highest BCUT2D eigenvalue weighted by molar-refractivity contribution is 6.38. The number of aryl methyl sites for hydroxylation is 1. The smallest absolute Gasteiger partial charge is 0.156 e. The van der Waals surface area contributed by atoms with Crippen molar-refractivity contribution in [1.82, 2.24) is 14.5 Å². The summed E-state index contributed by atoms with van der Waals surface area (Å²) in [6, 6.07) is 21.7. The largest absolute Gasteiger partial charge is 0.374 e. The summed E-state index contributed by atoms with van der Waals surface area (Å²) in [6.07, 6.45) is 3.26. The van der Waals surface area contributed by atoms with Crippen LogP contribution in [0.15, 0.2) is 85.3 Å². The van der Waals surface area contributed by atoms with Crippen LogP contribution in [0.1, 0.15) is 22.5 Å². The number of benzene rings is 3. The van der Waals surface area contributed by atoms with Gasteiger partial charge in [-0.2, -0.15) is 0 Å². The highest BCUT2D eigenvalue weighted by Gasteiger charge is 2.37. The molecular weight excluding hydrogens is 472 g/mol. The van der Waals surface area contributed by atoms with Gasteiger partial charge < -0.3 is 9.67 Å². The first-order chi connectivity index (χ1) is 16.4. The molecule has 170 valence electrons. The number of fused-ring (bicyclic) bond motifs is 1. The van der Waals surface area contributed by atoms with Crippen molar-refractivity contribution < 1.29 is 9.50 Å². The van der Waals surface area contributed by atoms with E-state index in [1.54, 1.807) is 59.6 Å². The maximum Gasteiger partial charge on any atom is 0.156 e. The Morgan fingerprint density at radius 1 is 0.971 bits per heavy atom. The Labute approximate surface area is 206 Å². The average Bonchev–Trinajstić information content (AvgIpc) is 3.30. The number of rotatable bonds is 5. The molecule has 34 heavy (non-hydrogen) atoms. The molecule has 1 N–H and O–H groups in total. The summed E-state index contributed by atoms with van der Waals surface area (Å²) in [5.41, 5.74) is 2.36. The Kier molecular flexibility index (Phi) is 5.86. The summed E-state index contributed by atoms with van der Waals surface area (Å²) in [5, 5.41) is 13.8. The Morgan fingerprint density at radius 2 is 1.68 bits per heavy atom. The van der Waals surface area contributed by atoms with E-state index >= 15 is 0 Å². The van der Waals surface area contributed by atoms with E-state index in [2.05, 4.69) is 9.97 Å². The van der Waals surface area contributed by atoms with E-state index in [1.165, 1.54) is 0 Å². The number of halogens is 3. The number of aromatic nitrogens is 3. The van der Waals surface area contributed by atoms with Crippen molar-refractivity contribution in [3.8, 4) is 11.1 Å². The summed E-state index contributed by atoms with van der Waals surface area (Å²) in [7, 11) is 1.82. The van der Waals surface area contributed by atoms with Crippen LogP contribution in [0.4, 0.5) is 4.39 Å². The highest BCUT2D eigenvalue weighted by Crippen LogP contribution is 2.41. The number of aliphatic hydroxyl groups is 1. The number of hydrogen-bond acceptors (Lipinski definition) is 3. The SMILES string of the molecule is Cn1cncc1C(O)(c1ccc(Cl)cc1)c1ccc2nc(CF)c(-c3ccccc3)c(Cl)c2c1. The van der Waals surface area contributed by atoms with Crippen LogP contribution >= 0.6 is 23.2 Å². The van der Waals surface area contributed by atoms with Crippen LogP contribution in [0, 0.1) is 0 Å². The van der Waals surface area contributed by atoms with Gasteiger partial charge in [-0.1, -0.05) is 71.7 Å². The molecule has 0 aliphatic carbocycles. The first-order valence-corrected chi connectivity index (χ1v) is 11.4. The van der Waals surface area contributed by atoms with Gasteiger partial charge in [0.15, 0.2) is 5.60 Å². The van der Waals surface area contributed by atoms with E-state index in [-0.39, 0.29) is 5.69 Å². The van der Waals surface area contributed by atoms with Gasteiger partial charge in [-0.3, -0.25) is 0 Å². The number of alkyl halides is 1. The van der Waals surface area contributed by atoms with Crippen molar-refractivity contribution >= 4 is 34.1 Å². The van der Waals surface area contributed by atoms with Gasteiger partial charge in [0.1, 0.15) is 6.67 Å². The predicted octanol–water partition coefficient (Wildman–Crippen LogP) is 6.70. The van der Waals surface area contributed by atoms with Gasteiger partial charge in [0.25, 0.3) is 0 Å². The third-order valence-electron chi connectivity index (χ3n) is 6.05. The summed E-state index contributed by atoms with van der Waals surface area (Å²) in [4.78, 5) is 8.75. The summed E-state index contributed by atoms with van der Waals surface area (Å²) in [5.74, 6) is 0. The normalized spacial score (nSPS) is 13.2. The van der Waals surface area contributed by atoms with Crippen molar-refractivity contribution in [2.45, 2.75) is 12.3 Å². The van der Waals surface area contributed by atoms with Crippen molar-refractivity contribution in [3.63, 3.8) is 0 Å². The Morgan fingerprint density at radius 3 is 2.32 bits per heavy atom. The number of imidazole rings is 1. The van der Waals surface area contributed by atoms with E-state index in [0.717, 1.165) is 5.56 Å². The van der Waals surface area contributed by atoms with Crippen molar-refractivity contribution in [2.75, 3.05) is 0 Å². The highest BCUT2D eigenvalue weighted by atomic mass is 35.5. The standard InChI is InChI=1S/C27H20Cl2FN3O/c1-33-16-31-15-24(33)27(34,18-7-10-20(28)11-8-18)19-9-12-22-21(13-19)26(29)25(23(14-30)32-22)17-5-3-2-4-6-17/h2-13,15-16,34H,14H2,1H3. The fourth-order valence-corrected chi connectivity index (χ4v) is 4.85. The van der Waals surface area contributed by atoms with E-state index in [9.17, 15) is 9.50 Å². The molecule has 0 amide bonds. The quantitative estimate of drug-likeness (QED) is 0.297. The first-order valence-electron chi connectivity index (χ1n) is 10.6. The predicted molar refractivity (Wildman–Crippen MR) is 134 cm³/mol. The monoisotopic (exact) mass is 491 g/mol. The minimum absolute atomic E-state index is 0.274. The second kappa shape index (κ2) is 8.84. The minimum Gasteiger partial charge on any atom is -0.374 e. The van der Waals surface area contributed by atoms with Crippen LogP contribution in [0.5, 0.6) is 0 Å². The van der Waals surface area contributed by atoms with Gasteiger partial charge in [-0.25, -0.2) is 14.4 Å². The number of hydrogen-bond donors (Lipinski definition) is 1. The number of pyridine rings is 1. The molecule has 5 rings (SSSR count). The minimum atomic E-state index is -1.54. The zero-order chi connectivity index (χ0) is 23.9. The second-order valence-electron chi connectivity index (χ2n) is 8.09. The van der Waals surface area contributed by atoms with Crippen molar-refractivity contribution in [3.05, 3.63) is 118 Å². The van der Waals surface area contributed by atoms with E-state index < -0.39 is 12.3 Å². The molecule has 0 bridgehead atoms. The van der Waals surface area contributed by atoms with Crippen LogP contribution < -0.4 is 0 Å². The van der Waals surface area contributed by atoms with Crippen LogP contribution in [0.3, 0.4) is 0 Å². The molecule has 5 aromatic rings. The third-order valence-corrected chi connectivity index (χ3v) is 6.70. The van der Waals surface area contributed by atoms with Crippen LogP contribution in [-0.2, 0) is 19.3 Å². The topological polar surface area (TPSA) is 50.9 Å². The van der Waals surface area contributed by atoms with Crippen LogP contribution in [0.2, 0.25) is 10.0 Å². The zero-order valence-corrected chi connectivity index (χ0v) is 19.7. The fraction of sp³-hybridized carbons (Fsp3) is 0.111. The molecule has 0 fully saturated rings. The molecule has 2 heterocycles. The molecule has 4 nitrogen and oxygen atoms in total. The summed E-state index contributed by atoms with van der Waals surface area (Å²) >= 11 is 13.0. The van der Waals surface area contributed by atoms with Gasteiger partial charge in [0.05, 0.1) is 34.5 Å². The number of nitrogens with zero attached hydrogens (tertiary/aromatic N) is 3. The molecule has 0 saturated heterocycles. The van der Waals surface area contributed by atoms with Crippen LogP contribution in [0.25, 0.3) is 22.0 Å². The Hall–Kier alpha value is -3.25. The lowest BCUT2D eigenvalue weighted by molar-refractivity contribution is 0.117. The third kappa shape index (κ3) is 3.66. The zero-order valence-electron chi connectivity index (χ0n) is 18.2. The lowest BCUT2D eigenvalue weighted by Gasteiger charge is -2.30. The van der Waals surface area contributed by atoms with E-state index in [1.807, 2.05) is 37.4 Å². The second-order valence-corrected chi connectivity index (χ2v) is 8.90. The summed E-state index contributed by atoms with van der Waals surface area (Å²) < 4.78 is 15.7. The first kappa shape index (κ1) is 22.5. The van der Waals surface area contributed by atoms with Crippen molar-refractivity contribution in [2.24, 2.45) is 7.05 Å². The fourth-order valence-electron chi connectivity index (χ4n) is 4.35. The van der Waals surface area contributed by atoms with Crippen molar-refractivity contribution in [1.29, 1.82) is 0 Å². The van der Waals surface area contributed by atoms with Gasteiger partial charge in [-0.15, -0.1) is 0 Å². The average molecular weight is 492 g/mol. The lowest BCUT2D eigenvalue weighted by Crippen LogP contribution is -2.31. The maximum absolute atomic E-state index is 14.0. The van der Waals surface area contributed by atoms with Gasteiger partial charge in [0, 0.05) is 23.0 Å². The molecule has 0 saturated carbocycles. The molecule has 1 atom stereocenters. The molecule has 1 unspecified atom stereocenters. The molecule has 0 spiro atoms. The molecule has 7 heteroatoms. The van der Waals surface area contributed by atoms with Crippen LogP contribution in [-0.4, -0.2) is 19.6 Å². The Balaban J connectivity index is 1.79. The maximum atomic E-state index is 14.0. The Bertz CT molecular complexity index is 1490. The molecule has 0 aliphatic rings. The molecule has 3 aromatic carbocycles.